The van der Waals surface area contributed by atoms with Crippen molar-refractivity contribution in [3.63, 3.8) is 0 Å². The first-order valence-electron chi connectivity index (χ1n) is 6.03. The van der Waals surface area contributed by atoms with Gasteiger partial charge in [-0.05, 0) is 49.9 Å². The predicted octanol–water partition coefficient (Wildman–Crippen LogP) is 1.88. The molecular weight excluding hydrogens is 214 g/mol. The van der Waals surface area contributed by atoms with Gasteiger partial charge >= 0.3 is 0 Å². The van der Waals surface area contributed by atoms with Crippen LogP contribution in [0, 0.1) is 13.8 Å². The molecular formula is C14H23NO2. The summed E-state index contributed by atoms with van der Waals surface area (Å²) in [5.74, 6) is 0. The summed E-state index contributed by atoms with van der Waals surface area (Å²) in [6.07, 6.45) is 1.41. The maximum Gasteiger partial charge on any atom is 0.113 e. The number of aryl methyl sites for hydroxylation is 1. The van der Waals surface area contributed by atoms with E-state index in [1.165, 1.54) is 5.56 Å². The van der Waals surface area contributed by atoms with E-state index in [1.807, 2.05) is 19.1 Å². The van der Waals surface area contributed by atoms with Crippen LogP contribution in [-0.2, 0) is 10.3 Å². The largest absolute Gasteiger partial charge is 0.383 e. The van der Waals surface area contributed by atoms with Gasteiger partial charge in [-0.3, -0.25) is 0 Å². The summed E-state index contributed by atoms with van der Waals surface area (Å²) in [4.78, 5) is 0. The standard InChI is InChI=1S/C14H23NO2/c1-11-6-4-7-13(12(11)2)14(16,10-17-3)8-5-9-15/h4,6-7,16H,5,8-10,15H2,1-3H3. The summed E-state index contributed by atoms with van der Waals surface area (Å²) in [5.41, 5.74) is 7.87. The molecule has 1 aromatic rings. The second-order valence-corrected chi connectivity index (χ2v) is 4.60. The first-order valence-corrected chi connectivity index (χ1v) is 6.03. The molecule has 3 N–H and O–H groups in total. The molecule has 0 aliphatic carbocycles. The Balaban J connectivity index is 3.08. The van der Waals surface area contributed by atoms with Crippen LogP contribution < -0.4 is 5.73 Å². The van der Waals surface area contributed by atoms with Crippen LogP contribution in [0.15, 0.2) is 18.2 Å². The zero-order valence-electron chi connectivity index (χ0n) is 11.0. The smallest absolute Gasteiger partial charge is 0.113 e. The van der Waals surface area contributed by atoms with Crippen molar-refractivity contribution in [1.29, 1.82) is 0 Å². The lowest BCUT2D eigenvalue weighted by Gasteiger charge is -2.30. The van der Waals surface area contributed by atoms with Crippen molar-refractivity contribution in [3.8, 4) is 0 Å². The molecule has 1 rings (SSSR count). The highest BCUT2D eigenvalue weighted by atomic mass is 16.5. The Kier molecular flexibility index (Phi) is 5.12. The van der Waals surface area contributed by atoms with Gasteiger partial charge < -0.3 is 15.6 Å². The maximum atomic E-state index is 10.7. The van der Waals surface area contributed by atoms with Gasteiger partial charge in [0.25, 0.3) is 0 Å². The fourth-order valence-electron chi connectivity index (χ4n) is 2.17. The maximum absolute atomic E-state index is 10.7. The van der Waals surface area contributed by atoms with Crippen molar-refractivity contribution in [2.75, 3.05) is 20.3 Å². The Labute approximate surface area is 104 Å². The summed E-state index contributed by atoms with van der Waals surface area (Å²) < 4.78 is 5.16. The van der Waals surface area contributed by atoms with Gasteiger partial charge in [0.1, 0.15) is 5.60 Å². The van der Waals surface area contributed by atoms with Gasteiger partial charge in [-0.2, -0.15) is 0 Å². The summed E-state index contributed by atoms with van der Waals surface area (Å²) in [6.45, 7) is 4.97. The molecule has 0 aliphatic rings. The molecule has 96 valence electrons. The van der Waals surface area contributed by atoms with E-state index in [0.717, 1.165) is 17.5 Å². The number of hydrogen-bond donors (Lipinski definition) is 2. The van der Waals surface area contributed by atoms with Gasteiger partial charge in [-0.1, -0.05) is 18.2 Å². The first-order chi connectivity index (χ1) is 8.05. The number of aliphatic hydroxyl groups is 1. The van der Waals surface area contributed by atoms with E-state index in [-0.39, 0.29) is 0 Å². The van der Waals surface area contributed by atoms with E-state index in [0.29, 0.717) is 19.6 Å². The minimum absolute atomic E-state index is 0.303. The van der Waals surface area contributed by atoms with Crippen molar-refractivity contribution >= 4 is 0 Å². The lowest BCUT2D eigenvalue weighted by atomic mass is 9.85. The van der Waals surface area contributed by atoms with Crippen molar-refractivity contribution in [2.24, 2.45) is 5.73 Å². The van der Waals surface area contributed by atoms with Gasteiger partial charge in [0.15, 0.2) is 0 Å². The molecule has 0 radical (unpaired) electrons. The third-order valence-corrected chi connectivity index (χ3v) is 3.28. The Morgan fingerprint density at radius 3 is 2.65 bits per heavy atom. The molecule has 0 fully saturated rings. The molecule has 3 nitrogen and oxygen atoms in total. The van der Waals surface area contributed by atoms with Crippen molar-refractivity contribution in [3.05, 3.63) is 34.9 Å². The zero-order chi connectivity index (χ0) is 12.9. The Bertz CT molecular complexity index is 365. The molecule has 0 aliphatic heterocycles. The average Bonchev–Trinajstić information content (AvgIpc) is 2.30. The van der Waals surface area contributed by atoms with Crippen molar-refractivity contribution in [1.82, 2.24) is 0 Å². The topological polar surface area (TPSA) is 55.5 Å². The average molecular weight is 237 g/mol. The molecule has 0 aromatic heterocycles. The Hall–Kier alpha value is -0.900. The normalized spacial score (nSPS) is 14.6. The van der Waals surface area contributed by atoms with Gasteiger partial charge in [-0.15, -0.1) is 0 Å². The van der Waals surface area contributed by atoms with Crippen LogP contribution in [0.3, 0.4) is 0 Å². The SMILES string of the molecule is COCC(O)(CCCN)c1cccc(C)c1C. The Morgan fingerprint density at radius 2 is 2.06 bits per heavy atom. The molecule has 0 saturated heterocycles. The van der Waals surface area contributed by atoms with E-state index < -0.39 is 5.60 Å². The molecule has 1 atom stereocenters. The fourth-order valence-corrected chi connectivity index (χ4v) is 2.17. The van der Waals surface area contributed by atoms with E-state index in [4.69, 9.17) is 10.5 Å². The highest BCUT2D eigenvalue weighted by Crippen LogP contribution is 2.30. The van der Waals surface area contributed by atoms with E-state index in [2.05, 4.69) is 13.0 Å². The molecule has 1 aromatic carbocycles. The highest BCUT2D eigenvalue weighted by Gasteiger charge is 2.30. The number of ether oxygens (including phenoxy) is 1. The predicted molar refractivity (Wildman–Crippen MR) is 70.0 cm³/mol. The molecule has 0 saturated carbocycles. The quantitative estimate of drug-likeness (QED) is 0.794. The summed E-state index contributed by atoms with van der Waals surface area (Å²) in [7, 11) is 1.61. The van der Waals surface area contributed by atoms with Crippen LogP contribution in [0.4, 0.5) is 0 Å². The molecule has 17 heavy (non-hydrogen) atoms. The summed E-state index contributed by atoms with van der Waals surface area (Å²) in [6, 6.07) is 5.99. The number of hydrogen-bond acceptors (Lipinski definition) is 3. The van der Waals surface area contributed by atoms with Gasteiger partial charge in [0.05, 0.1) is 6.61 Å². The van der Waals surface area contributed by atoms with E-state index in [9.17, 15) is 5.11 Å². The summed E-state index contributed by atoms with van der Waals surface area (Å²) in [5, 5.41) is 10.7. The van der Waals surface area contributed by atoms with Crippen LogP contribution in [0.2, 0.25) is 0 Å². The van der Waals surface area contributed by atoms with Gasteiger partial charge in [0.2, 0.25) is 0 Å². The van der Waals surface area contributed by atoms with E-state index >= 15 is 0 Å². The Morgan fingerprint density at radius 1 is 1.35 bits per heavy atom. The third-order valence-electron chi connectivity index (χ3n) is 3.28. The minimum atomic E-state index is -0.926. The van der Waals surface area contributed by atoms with E-state index in [1.54, 1.807) is 7.11 Å². The monoisotopic (exact) mass is 237 g/mol. The van der Waals surface area contributed by atoms with Crippen LogP contribution in [0.25, 0.3) is 0 Å². The molecule has 3 heteroatoms. The van der Waals surface area contributed by atoms with Gasteiger partial charge in [-0.25, -0.2) is 0 Å². The molecule has 0 heterocycles. The fraction of sp³-hybridized carbons (Fsp3) is 0.571. The van der Waals surface area contributed by atoms with Crippen molar-refractivity contribution in [2.45, 2.75) is 32.3 Å². The lowest BCUT2D eigenvalue weighted by molar-refractivity contribution is -0.0434. The van der Waals surface area contributed by atoms with Crippen LogP contribution in [0.5, 0.6) is 0 Å². The zero-order valence-corrected chi connectivity index (χ0v) is 11.0. The van der Waals surface area contributed by atoms with Crippen LogP contribution >= 0.6 is 0 Å². The number of methoxy groups -OCH3 is 1. The van der Waals surface area contributed by atoms with Gasteiger partial charge in [0, 0.05) is 7.11 Å². The molecule has 1 unspecified atom stereocenters. The third kappa shape index (κ3) is 3.28. The van der Waals surface area contributed by atoms with Crippen LogP contribution in [0.1, 0.15) is 29.5 Å². The number of rotatable bonds is 6. The molecule has 0 amide bonds. The molecule has 0 bridgehead atoms. The van der Waals surface area contributed by atoms with Crippen LogP contribution in [-0.4, -0.2) is 25.4 Å². The first kappa shape index (κ1) is 14.2. The second-order valence-electron chi connectivity index (χ2n) is 4.60. The lowest BCUT2D eigenvalue weighted by Crippen LogP contribution is -2.33. The molecule has 0 spiro atoms. The summed E-state index contributed by atoms with van der Waals surface area (Å²) >= 11 is 0. The minimum Gasteiger partial charge on any atom is -0.383 e. The second kappa shape index (κ2) is 6.15. The van der Waals surface area contributed by atoms with Crippen molar-refractivity contribution < 1.29 is 9.84 Å². The number of nitrogens with two attached hydrogens (primary N) is 1. The highest BCUT2D eigenvalue weighted by molar-refractivity contribution is 5.37. The number of benzene rings is 1.